The zero-order valence-electron chi connectivity index (χ0n) is 19.5. The highest BCUT2D eigenvalue weighted by atomic mass is 19.2. The van der Waals surface area contributed by atoms with Gasteiger partial charge < -0.3 is 9.47 Å². The van der Waals surface area contributed by atoms with E-state index in [-0.39, 0.29) is 23.6 Å². The summed E-state index contributed by atoms with van der Waals surface area (Å²) in [5, 5.41) is 0. The summed E-state index contributed by atoms with van der Waals surface area (Å²) in [7, 11) is 0. The van der Waals surface area contributed by atoms with Crippen LogP contribution in [0, 0.1) is 17.5 Å². The first-order valence-electron chi connectivity index (χ1n) is 11.7. The van der Waals surface area contributed by atoms with E-state index in [1.54, 1.807) is 42.5 Å². The highest BCUT2D eigenvalue weighted by Crippen LogP contribution is 2.32. The Labute approximate surface area is 199 Å². The van der Waals surface area contributed by atoms with Crippen molar-refractivity contribution in [1.82, 2.24) is 0 Å². The van der Waals surface area contributed by atoms with Crippen LogP contribution in [0.5, 0.6) is 0 Å². The van der Waals surface area contributed by atoms with Crippen LogP contribution in [0.3, 0.4) is 0 Å². The third-order valence-corrected chi connectivity index (χ3v) is 6.20. The second kappa shape index (κ2) is 11.0. The minimum absolute atomic E-state index is 0.170. The van der Waals surface area contributed by atoms with Gasteiger partial charge in [0.15, 0.2) is 17.9 Å². The van der Waals surface area contributed by atoms with Gasteiger partial charge in [0.25, 0.3) is 0 Å². The summed E-state index contributed by atoms with van der Waals surface area (Å²) in [6, 6.07) is 15.4. The minimum Gasteiger partial charge on any atom is -0.348 e. The predicted molar refractivity (Wildman–Crippen MR) is 129 cm³/mol. The van der Waals surface area contributed by atoms with Gasteiger partial charge in [0.1, 0.15) is 5.82 Å². The molecule has 1 fully saturated rings. The van der Waals surface area contributed by atoms with Gasteiger partial charge in [-0.05, 0) is 59.7 Å². The SMILES string of the molecule is C/C=C/C1OCC(c2ccc(-c3ccc(-c4ccc(CCCC)c(F)c4F)cc3)cc2F)CO1. The molecule has 0 amide bonds. The Morgan fingerprint density at radius 3 is 2.18 bits per heavy atom. The van der Waals surface area contributed by atoms with E-state index < -0.39 is 11.6 Å². The molecule has 1 aliphatic heterocycles. The normalized spacial score (nSPS) is 18.5. The molecule has 0 aromatic heterocycles. The molecule has 0 radical (unpaired) electrons. The molecule has 0 spiro atoms. The average Bonchev–Trinajstić information content (AvgIpc) is 2.86. The van der Waals surface area contributed by atoms with Gasteiger partial charge in [-0.1, -0.05) is 68.0 Å². The van der Waals surface area contributed by atoms with Crippen molar-refractivity contribution in [2.75, 3.05) is 13.2 Å². The number of hydrogen-bond donors (Lipinski definition) is 0. The van der Waals surface area contributed by atoms with E-state index in [4.69, 9.17) is 9.47 Å². The molecule has 4 rings (SSSR count). The third-order valence-electron chi connectivity index (χ3n) is 6.20. The summed E-state index contributed by atoms with van der Waals surface area (Å²) in [5.41, 5.74) is 3.25. The number of rotatable bonds is 7. The van der Waals surface area contributed by atoms with Gasteiger partial charge in [0.2, 0.25) is 0 Å². The van der Waals surface area contributed by atoms with E-state index in [2.05, 4.69) is 0 Å². The molecule has 34 heavy (non-hydrogen) atoms. The number of hydrogen-bond acceptors (Lipinski definition) is 2. The summed E-state index contributed by atoms with van der Waals surface area (Å²) >= 11 is 0. The van der Waals surface area contributed by atoms with E-state index in [0.717, 1.165) is 18.4 Å². The van der Waals surface area contributed by atoms with Crippen molar-refractivity contribution in [2.24, 2.45) is 0 Å². The Bertz CT molecular complexity index is 1150. The maximum absolute atomic E-state index is 14.9. The van der Waals surface area contributed by atoms with Gasteiger partial charge >= 0.3 is 0 Å². The van der Waals surface area contributed by atoms with Gasteiger partial charge in [-0.15, -0.1) is 0 Å². The number of allylic oxidation sites excluding steroid dienone is 1. The van der Waals surface area contributed by atoms with Gasteiger partial charge in [-0.2, -0.15) is 0 Å². The largest absolute Gasteiger partial charge is 0.348 e. The molecule has 3 aromatic carbocycles. The summed E-state index contributed by atoms with van der Waals surface area (Å²) in [4.78, 5) is 0. The number of halogens is 3. The molecule has 1 heterocycles. The Morgan fingerprint density at radius 2 is 1.53 bits per heavy atom. The van der Waals surface area contributed by atoms with Crippen molar-refractivity contribution in [3.63, 3.8) is 0 Å². The van der Waals surface area contributed by atoms with E-state index in [0.29, 0.717) is 41.9 Å². The molecule has 0 atom stereocenters. The molecule has 2 nitrogen and oxygen atoms in total. The Morgan fingerprint density at radius 1 is 0.853 bits per heavy atom. The first-order valence-corrected chi connectivity index (χ1v) is 11.7. The molecule has 0 aliphatic carbocycles. The van der Waals surface area contributed by atoms with Crippen LogP contribution < -0.4 is 0 Å². The third kappa shape index (κ3) is 5.26. The van der Waals surface area contributed by atoms with Crippen molar-refractivity contribution in [1.29, 1.82) is 0 Å². The van der Waals surface area contributed by atoms with Crippen LogP contribution in [-0.2, 0) is 15.9 Å². The topological polar surface area (TPSA) is 18.5 Å². The molecular formula is C29H29F3O2. The van der Waals surface area contributed by atoms with Crippen LogP contribution in [0.4, 0.5) is 13.2 Å². The Balaban J connectivity index is 1.50. The van der Waals surface area contributed by atoms with E-state index in [9.17, 15) is 13.2 Å². The maximum atomic E-state index is 14.9. The molecular weight excluding hydrogens is 437 g/mol. The molecule has 1 saturated heterocycles. The zero-order valence-corrected chi connectivity index (χ0v) is 19.5. The summed E-state index contributed by atoms with van der Waals surface area (Å²) < 4.78 is 55.3. The standard InChI is InChI=1S/C29H29F3O2/c1-3-5-7-21-12-15-25(29(32)28(21)31)20-10-8-19(9-11-20)22-13-14-24(26(30)16-22)23-17-33-27(6-4-2)34-18-23/h4,6,8-16,23,27H,3,5,7,17-18H2,1-2H3/b6-4+. The Kier molecular flexibility index (Phi) is 7.86. The quantitative estimate of drug-likeness (QED) is 0.331. The lowest BCUT2D eigenvalue weighted by Crippen LogP contribution is -2.29. The smallest absolute Gasteiger partial charge is 0.176 e. The average molecular weight is 467 g/mol. The zero-order chi connectivity index (χ0) is 24.1. The maximum Gasteiger partial charge on any atom is 0.176 e. The molecule has 3 aromatic rings. The number of unbranched alkanes of at least 4 members (excludes halogenated alkanes) is 1. The fourth-order valence-electron chi connectivity index (χ4n) is 4.22. The number of benzene rings is 3. The first-order chi connectivity index (χ1) is 16.5. The molecule has 0 N–H and O–H groups in total. The van der Waals surface area contributed by atoms with Gasteiger partial charge in [-0.3, -0.25) is 0 Å². The summed E-state index contributed by atoms with van der Waals surface area (Å²) in [6.45, 7) is 4.68. The fourth-order valence-corrected chi connectivity index (χ4v) is 4.22. The van der Waals surface area contributed by atoms with Crippen LogP contribution in [0.2, 0.25) is 0 Å². The van der Waals surface area contributed by atoms with Gasteiger partial charge in [0, 0.05) is 11.5 Å². The van der Waals surface area contributed by atoms with E-state index in [1.807, 2.05) is 32.1 Å². The highest BCUT2D eigenvalue weighted by Gasteiger charge is 2.24. The molecule has 0 bridgehead atoms. The highest BCUT2D eigenvalue weighted by molar-refractivity contribution is 5.71. The van der Waals surface area contributed by atoms with Crippen molar-refractivity contribution < 1.29 is 22.6 Å². The van der Waals surface area contributed by atoms with Crippen molar-refractivity contribution in [2.45, 2.75) is 45.3 Å². The molecule has 1 aliphatic rings. The lowest BCUT2D eigenvalue weighted by atomic mass is 9.94. The Hall–Kier alpha value is -2.89. The van der Waals surface area contributed by atoms with Crippen LogP contribution in [0.25, 0.3) is 22.3 Å². The molecule has 178 valence electrons. The monoisotopic (exact) mass is 466 g/mol. The van der Waals surface area contributed by atoms with Crippen molar-refractivity contribution in [3.8, 4) is 22.3 Å². The van der Waals surface area contributed by atoms with Crippen molar-refractivity contribution in [3.05, 3.63) is 95.3 Å². The van der Waals surface area contributed by atoms with E-state index >= 15 is 0 Å². The predicted octanol–water partition coefficient (Wildman–Crippen LogP) is 7.81. The minimum atomic E-state index is -0.828. The van der Waals surface area contributed by atoms with Crippen LogP contribution in [0.15, 0.2) is 66.7 Å². The second-order valence-corrected chi connectivity index (χ2v) is 8.58. The van der Waals surface area contributed by atoms with Crippen LogP contribution in [-0.4, -0.2) is 19.5 Å². The van der Waals surface area contributed by atoms with Gasteiger partial charge in [0.05, 0.1) is 13.2 Å². The lowest BCUT2D eigenvalue weighted by Gasteiger charge is -2.28. The van der Waals surface area contributed by atoms with E-state index in [1.165, 1.54) is 6.07 Å². The molecule has 0 saturated carbocycles. The fraction of sp³-hybridized carbons (Fsp3) is 0.310. The number of aryl methyl sites for hydroxylation is 1. The number of ether oxygens (including phenoxy) is 2. The molecule has 5 heteroatoms. The van der Waals surface area contributed by atoms with Gasteiger partial charge in [-0.25, -0.2) is 13.2 Å². The lowest BCUT2D eigenvalue weighted by molar-refractivity contribution is -0.159. The summed E-state index contributed by atoms with van der Waals surface area (Å²) in [5.74, 6) is -2.10. The van der Waals surface area contributed by atoms with Crippen LogP contribution >= 0.6 is 0 Å². The van der Waals surface area contributed by atoms with Crippen molar-refractivity contribution >= 4 is 0 Å². The van der Waals surface area contributed by atoms with Crippen LogP contribution in [0.1, 0.15) is 43.7 Å². The molecule has 0 unspecified atom stereocenters. The first kappa shape index (κ1) is 24.2. The summed E-state index contributed by atoms with van der Waals surface area (Å²) in [6.07, 6.45) is 5.56. The second-order valence-electron chi connectivity index (χ2n) is 8.58.